The number of likely N-dealkylation sites (N-methyl/N-ethyl adjacent to an activating group) is 1. The van der Waals surface area contributed by atoms with E-state index < -0.39 is 6.09 Å². The first kappa shape index (κ1) is 17.4. The molecule has 0 bridgehead atoms. The van der Waals surface area contributed by atoms with Crippen molar-refractivity contribution in [3.8, 4) is 11.8 Å². The van der Waals surface area contributed by atoms with Gasteiger partial charge in [-0.1, -0.05) is 48.5 Å². The van der Waals surface area contributed by atoms with Gasteiger partial charge < -0.3 is 14.4 Å². The molecule has 1 amide bonds. The van der Waals surface area contributed by atoms with Gasteiger partial charge in [0.25, 0.3) is 0 Å². The third-order valence-electron chi connectivity index (χ3n) is 3.44. The number of hydrogen-bond donors (Lipinski definition) is 0. The predicted molar refractivity (Wildman–Crippen MR) is 90.5 cm³/mol. The van der Waals surface area contributed by atoms with Crippen LogP contribution in [-0.4, -0.2) is 31.2 Å². The fourth-order valence-electron chi connectivity index (χ4n) is 2.09. The number of rotatable bonds is 7. The maximum atomic E-state index is 11.9. The van der Waals surface area contributed by atoms with E-state index >= 15 is 0 Å². The average molecular weight is 324 g/mol. The first-order chi connectivity index (χ1) is 11.7. The van der Waals surface area contributed by atoms with E-state index in [9.17, 15) is 4.79 Å². The Balaban J connectivity index is 1.75. The van der Waals surface area contributed by atoms with E-state index in [2.05, 4.69) is 6.07 Å². The number of ether oxygens (including phenoxy) is 2. The molecule has 0 radical (unpaired) electrons. The summed E-state index contributed by atoms with van der Waals surface area (Å²) < 4.78 is 10.9. The fraction of sp³-hybridized carbons (Fsp3) is 0.263. The summed E-state index contributed by atoms with van der Waals surface area (Å²) in [4.78, 5) is 13.4. The van der Waals surface area contributed by atoms with Crippen molar-refractivity contribution < 1.29 is 14.3 Å². The lowest BCUT2D eigenvalue weighted by atomic mass is 10.1. The Bertz CT molecular complexity index is 695. The molecule has 2 aromatic rings. The number of carbonyl (C=O) groups is 1. The summed E-state index contributed by atoms with van der Waals surface area (Å²) in [6.45, 7) is 0.976. The number of nitriles is 1. The van der Waals surface area contributed by atoms with Crippen LogP contribution in [0.5, 0.6) is 5.75 Å². The first-order valence-corrected chi connectivity index (χ1v) is 7.70. The molecule has 0 unspecified atom stereocenters. The highest BCUT2D eigenvalue weighted by Crippen LogP contribution is 2.18. The standard InChI is InChI=1S/C19H20N2O3/c1-21(19(22)24-15-16-7-3-2-4-8-16)13-14-23-18-10-6-5-9-17(18)11-12-20/h2-10H,11,13-15H2,1H3. The summed E-state index contributed by atoms with van der Waals surface area (Å²) in [5.74, 6) is 0.671. The quantitative estimate of drug-likeness (QED) is 0.783. The molecule has 0 N–H and O–H groups in total. The van der Waals surface area contributed by atoms with Crippen LogP contribution in [-0.2, 0) is 17.8 Å². The molecule has 0 spiro atoms. The molecule has 0 atom stereocenters. The molecule has 5 heteroatoms. The van der Waals surface area contributed by atoms with E-state index in [1.54, 1.807) is 7.05 Å². The minimum atomic E-state index is -0.396. The summed E-state index contributed by atoms with van der Waals surface area (Å²) in [6.07, 6.45) is -0.0988. The highest BCUT2D eigenvalue weighted by atomic mass is 16.6. The topological polar surface area (TPSA) is 62.6 Å². The van der Waals surface area contributed by atoms with E-state index in [4.69, 9.17) is 14.7 Å². The van der Waals surface area contributed by atoms with Crippen molar-refractivity contribution in [2.75, 3.05) is 20.2 Å². The monoisotopic (exact) mass is 324 g/mol. The number of nitrogens with zero attached hydrogens (tertiary/aromatic N) is 2. The molecule has 24 heavy (non-hydrogen) atoms. The minimum absolute atomic E-state index is 0.246. The van der Waals surface area contributed by atoms with Gasteiger partial charge in [-0.25, -0.2) is 4.79 Å². The molecule has 0 aliphatic heterocycles. The zero-order valence-corrected chi connectivity index (χ0v) is 13.6. The van der Waals surface area contributed by atoms with Crippen molar-refractivity contribution in [1.82, 2.24) is 4.90 Å². The second-order valence-corrected chi connectivity index (χ2v) is 5.25. The Morgan fingerprint density at radius 2 is 1.83 bits per heavy atom. The SMILES string of the molecule is CN(CCOc1ccccc1CC#N)C(=O)OCc1ccccc1. The van der Waals surface area contributed by atoms with Crippen LogP contribution < -0.4 is 4.74 Å². The van der Waals surface area contributed by atoms with Gasteiger partial charge in [0.2, 0.25) is 0 Å². The molecule has 0 fully saturated rings. The molecule has 5 nitrogen and oxygen atoms in total. The molecule has 124 valence electrons. The molecule has 0 heterocycles. The smallest absolute Gasteiger partial charge is 0.409 e. The van der Waals surface area contributed by atoms with Gasteiger partial charge in [0.15, 0.2) is 0 Å². The molecule has 2 rings (SSSR count). The van der Waals surface area contributed by atoms with Gasteiger partial charge in [0.05, 0.1) is 19.0 Å². The lowest BCUT2D eigenvalue weighted by Crippen LogP contribution is -2.31. The highest BCUT2D eigenvalue weighted by Gasteiger charge is 2.10. The number of hydrogen-bond acceptors (Lipinski definition) is 4. The van der Waals surface area contributed by atoms with Crippen LogP contribution in [0, 0.1) is 11.3 Å². The Morgan fingerprint density at radius 3 is 2.58 bits per heavy atom. The van der Waals surface area contributed by atoms with E-state index in [0.717, 1.165) is 11.1 Å². The molecular weight excluding hydrogens is 304 g/mol. The Labute approximate surface area is 142 Å². The van der Waals surface area contributed by atoms with Crippen LogP contribution in [0.1, 0.15) is 11.1 Å². The van der Waals surface area contributed by atoms with Gasteiger partial charge in [-0.15, -0.1) is 0 Å². The predicted octanol–water partition coefficient (Wildman–Crippen LogP) is 3.40. The highest BCUT2D eigenvalue weighted by molar-refractivity contribution is 5.67. The Hall–Kier alpha value is -3.00. The average Bonchev–Trinajstić information content (AvgIpc) is 2.62. The van der Waals surface area contributed by atoms with Crippen LogP contribution in [0.2, 0.25) is 0 Å². The molecule has 0 saturated heterocycles. The summed E-state index contributed by atoms with van der Waals surface area (Å²) in [5.41, 5.74) is 1.79. The lowest BCUT2D eigenvalue weighted by molar-refractivity contribution is 0.0994. The van der Waals surface area contributed by atoms with Gasteiger partial charge in [0, 0.05) is 12.6 Å². The molecule has 0 saturated carbocycles. The van der Waals surface area contributed by atoms with E-state index in [1.165, 1.54) is 4.90 Å². The summed E-state index contributed by atoms with van der Waals surface area (Å²) in [7, 11) is 1.66. The van der Waals surface area contributed by atoms with Crippen LogP contribution >= 0.6 is 0 Å². The van der Waals surface area contributed by atoms with Gasteiger partial charge >= 0.3 is 6.09 Å². The summed E-state index contributed by atoms with van der Waals surface area (Å²) in [5, 5.41) is 8.81. The third-order valence-corrected chi connectivity index (χ3v) is 3.44. The number of benzene rings is 2. The normalized spacial score (nSPS) is 9.83. The summed E-state index contributed by atoms with van der Waals surface area (Å²) >= 11 is 0. The van der Waals surface area contributed by atoms with Gasteiger partial charge in [0.1, 0.15) is 19.0 Å². The molecule has 0 aliphatic rings. The summed E-state index contributed by atoms with van der Waals surface area (Å²) in [6, 6.07) is 19.0. The zero-order chi connectivity index (χ0) is 17.2. The Morgan fingerprint density at radius 1 is 1.12 bits per heavy atom. The van der Waals surface area contributed by atoms with Crippen molar-refractivity contribution in [3.05, 3.63) is 65.7 Å². The fourth-order valence-corrected chi connectivity index (χ4v) is 2.09. The maximum Gasteiger partial charge on any atom is 0.409 e. The van der Waals surface area contributed by atoms with Crippen molar-refractivity contribution in [2.45, 2.75) is 13.0 Å². The number of amides is 1. The van der Waals surface area contributed by atoms with Gasteiger partial charge in [-0.2, -0.15) is 5.26 Å². The van der Waals surface area contributed by atoms with Crippen molar-refractivity contribution in [1.29, 1.82) is 5.26 Å². The zero-order valence-electron chi connectivity index (χ0n) is 13.6. The lowest BCUT2D eigenvalue weighted by Gasteiger charge is -2.18. The number of carbonyl (C=O) groups excluding carboxylic acids is 1. The largest absolute Gasteiger partial charge is 0.491 e. The molecule has 0 aromatic heterocycles. The Kier molecular flexibility index (Phi) is 6.66. The van der Waals surface area contributed by atoms with Gasteiger partial charge in [-0.3, -0.25) is 0 Å². The van der Waals surface area contributed by atoms with Crippen LogP contribution in [0.3, 0.4) is 0 Å². The van der Waals surface area contributed by atoms with Crippen molar-refractivity contribution in [2.24, 2.45) is 0 Å². The van der Waals surface area contributed by atoms with E-state index in [1.807, 2.05) is 54.6 Å². The second-order valence-electron chi connectivity index (χ2n) is 5.25. The molecule has 2 aromatic carbocycles. The first-order valence-electron chi connectivity index (χ1n) is 7.70. The van der Waals surface area contributed by atoms with Crippen LogP contribution in [0.4, 0.5) is 4.79 Å². The van der Waals surface area contributed by atoms with E-state index in [0.29, 0.717) is 25.3 Å². The molecule has 0 aliphatic carbocycles. The number of para-hydroxylation sites is 1. The van der Waals surface area contributed by atoms with E-state index in [-0.39, 0.29) is 6.61 Å². The van der Waals surface area contributed by atoms with Gasteiger partial charge in [-0.05, 0) is 11.6 Å². The van der Waals surface area contributed by atoms with Crippen molar-refractivity contribution in [3.63, 3.8) is 0 Å². The third kappa shape index (κ3) is 5.33. The second kappa shape index (κ2) is 9.21. The van der Waals surface area contributed by atoms with Crippen LogP contribution in [0.25, 0.3) is 0 Å². The van der Waals surface area contributed by atoms with Crippen molar-refractivity contribution >= 4 is 6.09 Å². The maximum absolute atomic E-state index is 11.9. The van der Waals surface area contributed by atoms with Crippen LogP contribution in [0.15, 0.2) is 54.6 Å². The molecular formula is C19H20N2O3. The minimum Gasteiger partial charge on any atom is -0.491 e.